The Labute approximate surface area is 78.8 Å². The van der Waals surface area contributed by atoms with Crippen molar-refractivity contribution in [2.45, 2.75) is 0 Å². The lowest BCUT2D eigenvalue weighted by Crippen LogP contribution is -1.93. The molecule has 0 saturated heterocycles. The van der Waals surface area contributed by atoms with Crippen molar-refractivity contribution in [2.75, 3.05) is 20.8 Å². The number of hydrogen-bond acceptors (Lipinski definition) is 2. The van der Waals surface area contributed by atoms with Crippen molar-refractivity contribution in [2.24, 2.45) is 0 Å². The quantitative estimate of drug-likeness (QED) is 0.704. The summed E-state index contributed by atoms with van der Waals surface area (Å²) in [5.74, 6) is 0.842. The summed E-state index contributed by atoms with van der Waals surface area (Å²) in [6.45, 7) is 4.46. The molecule has 0 atom stereocenters. The van der Waals surface area contributed by atoms with Crippen LogP contribution in [0.3, 0.4) is 0 Å². The maximum atomic E-state index is 5.10. The molecule has 0 heterocycles. The second-order valence-corrected chi connectivity index (χ2v) is 2.77. The molecule has 1 aromatic rings. The SMILES string of the molecule is C=C(COC)c1cccc(OC)c1. The minimum atomic E-state index is 0.549. The first-order chi connectivity index (χ1) is 6.27. The third-order valence-electron chi connectivity index (χ3n) is 1.80. The molecule has 0 amide bonds. The molecule has 0 aromatic heterocycles. The lowest BCUT2D eigenvalue weighted by Gasteiger charge is -2.06. The van der Waals surface area contributed by atoms with Gasteiger partial charge in [0.05, 0.1) is 13.7 Å². The van der Waals surface area contributed by atoms with Crippen LogP contribution in [0.2, 0.25) is 0 Å². The zero-order valence-electron chi connectivity index (χ0n) is 8.04. The lowest BCUT2D eigenvalue weighted by atomic mass is 10.1. The van der Waals surface area contributed by atoms with Gasteiger partial charge in [0, 0.05) is 7.11 Å². The van der Waals surface area contributed by atoms with Crippen molar-refractivity contribution in [3.05, 3.63) is 36.4 Å². The molecule has 0 aliphatic rings. The summed E-state index contributed by atoms with van der Waals surface area (Å²) in [7, 11) is 3.31. The standard InChI is InChI=1S/C11H14O2/c1-9(8-12-2)10-5-4-6-11(7-10)13-3/h4-7H,1,8H2,2-3H3. The highest BCUT2D eigenvalue weighted by atomic mass is 16.5. The fraction of sp³-hybridized carbons (Fsp3) is 0.273. The summed E-state index contributed by atoms with van der Waals surface area (Å²) >= 11 is 0. The molecule has 0 saturated carbocycles. The average molecular weight is 178 g/mol. The van der Waals surface area contributed by atoms with Crippen LogP contribution in [0.4, 0.5) is 0 Å². The van der Waals surface area contributed by atoms with Crippen LogP contribution in [0.15, 0.2) is 30.8 Å². The van der Waals surface area contributed by atoms with Crippen LogP contribution in [0, 0.1) is 0 Å². The maximum Gasteiger partial charge on any atom is 0.119 e. The molecule has 0 unspecified atom stereocenters. The summed E-state index contributed by atoms with van der Waals surface area (Å²) in [4.78, 5) is 0. The predicted octanol–water partition coefficient (Wildman–Crippen LogP) is 2.35. The van der Waals surface area contributed by atoms with Gasteiger partial charge in [-0.3, -0.25) is 0 Å². The van der Waals surface area contributed by atoms with E-state index in [1.54, 1.807) is 14.2 Å². The number of methoxy groups -OCH3 is 2. The minimum absolute atomic E-state index is 0.549. The molecule has 0 bridgehead atoms. The normalized spacial score (nSPS) is 9.69. The van der Waals surface area contributed by atoms with Crippen molar-refractivity contribution in [3.63, 3.8) is 0 Å². The Kier molecular flexibility index (Phi) is 3.53. The van der Waals surface area contributed by atoms with Gasteiger partial charge in [-0.05, 0) is 23.3 Å². The van der Waals surface area contributed by atoms with E-state index in [1.165, 1.54) is 0 Å². The lowest BCUT2D eigenvalue weighted by molar-refractivity contribution is 0.240. The van der Waals surface area contributed by atoms with Gasteiger partial charge in [-0.15, -0.1) is 0 Å². The molecule has 0 aliphatic heterocycles. The van der Waals surface area contributed by atoms with Crippen molar-refractivity contribution in [1.82, 2.24) is 0 Å². The summed E-state index contributed by atoms with van der Waals surface area (Å²) in [5, 5.41) is 0. The Balaban J connectivity index is 2.82. The van der Waals surface area contributed by atoms with Crippen molar-refractivity contribution in [1.29, 1.82) is 0 Å². The predicted molar refractivity (Wildman–Crippen MR) is 53.9 cm³/mol. The second-order valence-electron chi connectivity index (χ2n) is 2.77. The van der Waals surface area contributed by atoms with Crippen LogP contribution < -0.4 is 4.74 Å². The van der Waals surface area contributed by atoms with Crippen LogP contribution >= 0.6 is 0 Å². The van der Waals surface area contributed by atoms with Crippen LogP contribution in [0.1, 0.15) is 5.56 Å². The van der Waals surface area contributed by atoms with Gasteiger partial charge in [-0.25, -0.2) is 0 Å². The molecule has 0 N–H and O–H groups in total. The topological polar surface area (TPSA) is 18.5 Å². The van der Waals surface area contributed by atoms with E-state index in [4.69, 9.17) is 9.47 Å². The molecule has 2 nitrogen and oxygen atoms in total. The monoisotopic (exact) mass is 178 g/mol. The van der Waals surface area contributed by atoms with Crippen LogP contribution in [-0.2, 0) is 4.74 Å². The maximum absolute atomic E-state index is 5.10. The highest BCUT2D eigenvalue weighted by Crippen LogP contribution is 2.18. The number of hydrogen-bond donors (Lipinski definition) is 0. The number of rotatable bonds is 4. The molecule has 0 radical (unpaired) electrons. The first-order valence-electron chi connectivity index (χ1n) is 4.09. The highest BCUT2D eigenvalue weighted by Gasteiger charge is 1.99. The van der Waals surface area contributed by atoms with Crippen molar-refractivity contribution < 1.29 is 9.47 Å². The van der Waals surface area contributed by atoms with Gasteiger partial charge < -0.3 is 9.47 Å². The zero-order valence-corrected chi connectivity index (χ0v) is 8.04. The summed E-state index contributed by atoms with van der Waals surface area (Å²) < 4.78 is 10.1. The molecule has 1 rings (SSSR count). The van der Waals surface area contributed by atoms with Gasteiger partial charge >= 0.3 is 0 Å². The summed E-state index contributed by atoms with van der Waals surface area (Å²) in [6.07, 6.45) is 0. The zero-order chi connectivity index (χ0) is 9.68. The Morgan fingerprint density at radius 1 is 1.38 bits per heavy atom. The van der Waals surface area contributed by atoms with Gasteiger partial charge in [0.1, 0.15) is 5.75 Å². The van der Waals surface area contributed by atoms with E-state index in [9.17, 15) is 0 Å². The number of ether oxygens (including phenoxy) is 2. The van der Waals surface area contributed by atoms with E-state index in [1.807, 2.05) is 24.3 Å². The first-order valence-corrected chi connectivity index (χ1v) is 4.09. The third kappa shape index (κ3) is 2.60. The molecule has 0 fully saturated rings. The Bertz CT molecular complexity index is 292. The van der Waals surface area contributed by atoms with Gasteiger partial charge in [0.25, 0.3) is 0 Å². The fourth-order valence-electron chi connectivity index (χ4n) is 1.10. The van der Waals surface area contributed by atoms with Crippen LogP contribution in [0.5, 0.6) is 5.75 Å². The largest absolute Gasteiger partial charge is 0.497 e. The number of benzene rings is 1. The Morgan fingerprint density at radius 3 is 2.77 bits per heavy atom. The molecule has 70 valence electrons. The summed E-state index contributed by atoms with van der Waals surface area (Å²) in [6, 6.07) is 7.78. The van der Waals surface area contributed by atoms with Gasteiger partial charge in [-0.2, -0.15) is 0 Å². The molecule has 2 heteroatoms. The smallest absolute Gasteiger partial charge is 0.119 e. The average Bonchev–Trinajstić information content (AvgIpc) is 2.18. The molecular formula is C11H14O2. The van der Waals surface area contributed by atoms with Crippen LogP contribution in [0.25, 0.3) is 5.57 Å². The van der Waals surface area contributed by atoms with Crippen molar-refractivity contribution in [3.8, 4) is 5.75 Å². The van der Waals surface area contributed by atoms with E-state index < -0.39 is 0 Å². The first kappa shape index (κ1) is 9.81. The molecule has 0 spiro atoms. The second kappa shape index (κ2) is 4.67. The van der Waals surface area contributed by atoms with E-state index in [0.29, 0.717) is 6.61 Å². The van der Waals surface area contributed by atoms with E-state index in [0.717, 1.165) is 16.9 Å². The molecular weight excluding hydrogens is 164 g/mol. The molecule has 1 aromatic carbocycles. The Morgan fingerprint density at radius 2 is 2.15 bits per heavy atom. The minimum Gasteiger partial charge on any atom is -0.497 e. The van der Waals surface area contributed by atoms with E-state index in [2.05, 4.69) is 6.58 Å². The third-order valence-corrected chi connectivity index (χ3v) is 1.80. The van der Waals surface area contributed by atoms with Gasteiger partial charge in [-0.1, -0.05) is 18.7 Å². The van der Waals surface area contributed by atoms with Crippen molar-refractivity contribution >= 4 is 5.57 Å². The molecule has 0 aliphatic carbocycles. The fourth-order valence-corrected chi connectivity index (χ4v) is 1.10. The van der Waals surface area contributed by atoms with Crippen LogP contribution in [-0.4, -0.2) is 20.8 Å². The van der Waals surface area contributed by atoms with Gasteiger partial charge in [0.15, 0.2) is 0 Å². The van der Waals surface area contributed by atoms with Gasteiger partial charge in [0.2, 0.25) is 0 Å². The van der Waals surface area contributed by atoms with E-state index >= 15 is 0 Å². The molecule has 13 heavy (non-hydrogen) atoms. The summed E-state index contributed by atoms with van der Waals surface area (Å²) in [5.41, 5.74) is 2.02. The Hall–Kier alpha value is -1.28. The van der Waals surface area contributed by atoms with E-state index in [-0.39, 0.29) is 0 Å². The highest BCUT2D eigenvalue weighted by molar-refractivity contribution is 5.65.